The maximum absolute atomic E-state index is 10.00. The summed E-state index contributed by atoms with van der Waals surface area (Å²) >= 11 is 0. The molecule has 5 heteroatoms. The van der Waals surface area contributed by atoms with Crippen molar-refractivity contribution in [2.75, 3.05) is 6.61 Å². The molecule has 0 aromatic rings. The summed E-state index contributed by atoms with van der Waals surface area (Å²) in [6, 6.07) is 0. The number of allylic oxidation sites excluding steroid dienone is 3. The summed E-state index contributed by atoms with van der Waals surface area (Å²) in [5.74, 6) is 19.8. The summed E-state index contributed by atoms with van der Waals surface area (Å²) in [6.45, 7) is 20.6. The lowest BCUT2D eigenvalue weighted by Gasteiger charge is -2.54. The van der Waals surface area contributed by atoms with E-state index in [1.807, 2.05) is 0 Å². The van der Waals surface area contributed by atoms with Crippen LogP contribution in [0.25, 0.3) is 0 Å². The first-order chi connectivity index (χ1) is 38.8. The lowest BCUT2D eigenvalue weighted by atomic mass is 9.51. The normalized spacial score (nSPS) is 56.2. The van der Waals surface area contributed by atoms with E-state index >= 15 is 0 Å². The van der Waals surface area contributed by atoms with Crippen LogP contribution in [0.15, 0.2) is 23.8 Å². The third-order valence-electron chi connectivity index (χ3n) is 32.7. The Labute approximate surface area is 510 Å². The zero-order chi connectivity index (χ0) is 56.0. The van der Waals surface area contributed by atoms with Gasteiger partial charge in [0.1, 0.15) is 0 Å². The standard InChI is InChI=1S/C19H30O2.C19H32O.2C19H30O.2CH4/c1-18-6-4-13-8-14-9-15(20)3-2-12(14)10-16(13)17(18)5-7-19(18)11-21-19;3*1-12-3-6-18-17-11-13-4-5-16(20)10-15(13)9-14(17)7-8-19(12,18)2;;/h12-17,20H,2-11H2,1H3;12-18,20H,3-11H2,1-2H3;3,13-18,20H,4-11H2,1-2H3;13-18,20H,1,3-11H2,2H3;2*1H4/t12-,13+,14+,15-,16+,17-,18-,19+;12-,13-,14+,15+,16-,17+,18-,19+;2*13-,14+,15+,16-,17+,18-,19+;;/m0000../s1. The zero-order valence-corrected chi connectivity index (χ0v) is 52.9. The van der Waals surface area contributed by atoms with E-state index in [0.29, 0.717) is 27.3 Å². The first-order valence-corrected chi connectivity index (χ1v) is 36.6. The summed E-state index contributed by atoms with van der Waals surface area (Å²) in [6.07, 6.45) is 49.4. The van der Waals surface area contributed by atoms with E-state index in [9.17, 15) is 20.4 Å². The summed E-state index contributed by atoms with van der Waals surface area (Å²) in [5.41, 5.74) is 5.72. The first kappa shape index (κ1) is 62.5. The number of aliphatic hydroxyl groups excluding tert-OH is 4. The van der Waals surface area contributed by atoms with Gasteiger partial charge in [0.05, 0.1) is 36.6 Å². The summed E-state index contributed by atoms with van der Waals surface area (Å²) < 4.78 is 6.00. The van der Waals surface area contributed by atoms with Crippen LogP contribution in [0.3, 0.4) is 0 Å². The number of rotatable bonds is 0. The van der Waals surface area contributed by atoms with Gasteiger partial charge in [-0.1, -0.05) is 73.3 Å². The van der Waals surface area contributed by atoms with Crippen LogP contribution in [0.2, 0.25) is 0 Å². The van der Waals surface area contributed by atoms with Gasteiger partial charge in [-0.15, -0.1) is 0 Å². The number of hydrogen-bond donors (Lipinski definition) is 4. The van der Waals surface area contributed by atoms with Crippen molar-refractivity contribution in [3.63, 3.8) is 0 Å². The van der Waals surface area contributed by atoms with Gasteiger partial charge >= 0.3 is 0 Å². The molecule has 0 aromatic heterocycles. The second-order valence-electron chi connectivity index (χ2n) is 35.4. The third kappa shape index (κ3) is 10.9. The number of fused-ring (bicyclic) bond motifs is 17. The van der Waals surface area contributed by atoms with Crippen molar-refractivity contribution in [2.45, 2.75) is 311 Å². The van der Waals surface area contributed by atoms with Crippen molar-refractivity contribution >= 4 is 0 Å². The number of hydrogen-bond acceptors (Lipinski definition) is 5. The van der Waals surface area contributed by atoms with E-state index in [1.54, 1.807) is 11.1 Å². The molecular formula is C78H130O5. The second kappa shape index (κ2) is 23.8. The summed E-state index contributed by atoms with van der Waals surface area (Å²) in [5, 5.41) is 39.9. The van der Waals surface area contributed by atoms with Crippen LogP contribution in [-0.2, 0) is 4.74 Å². The Morgan fingerprint density at radius 2 is 0.831 bits per heavy atom. The van der Waals surface area contributed by atoms with Crippen molar-refractivity contribution < 1.29 is 25.2 Å². The average Bonchev–Trinajstić information content (AvgIpc) is 3.14. The molecule has 0 amide bonds. The van der Waals surface area contributed by atoms with Crippen LogP contribution < -0.4 is 0 Å². The van der Waals surface area contributed by atoms with Crippen molar-refractivity contribution in [3.8, 4) is 0 Å². The average molecular weight is 1150 g/mol. The number of epoxide rings is 1. The fourth-order valence-electron chi connectivity index (χ4n) is 27.2. The van der Waals surface area contributed by atoms with Crippen molar-refractivity contribution in [3.05, 3.63) is 23.8 Å². The Morgan fingerprint density at radius 3 is 1.31 bits per heavy atom. The predicted molar refractivity (Wildman–Crippen MR) is 342 cm³/mol. The maximum atomic E-state index is 10.00. The smallest absolute Gasteiger partial charge is 0.0972 e. The molecular weight excluding hydrogens is 1020 g/mol. The van der Waals surface area contributed by atoms with Crippen LogP contribution in [0.5, 0.6) is 0 Å². The second-order valence-corrected chi connectivity index (χ2v) is 35.4. The molecule has 4 N–H and O–H groups in total. The maximum Gasteiger partial charge on any atom is 0.0972 e. The lowest BCUT2D eigenvalue weighted by Crippen LogP contribution is -2.49. The van der Waals surface area contributed by atoms with Gasteiger partial charge < -0.3 is 25.2 Å². The van der Waals surface area contributed by atoms with E-state index in [4.69, 9.17) is 4.74 Å². The SMILES string of the molecule is C.C.C=C1CC[C@H]2[C@@H]3C[C@@H]4CC[C@H](O)C[C@H]4C[C@H]3CC[C@]12C.CC1=CC[C@H]2[C@@H]3C[C@@H]4CC[C@H](O)C[C@H]4C[C@H]3CC[C@]12C.C[C@H]1CC[C@H]2[C@@H]3C[C@@H]4CC[C@H](O)C[C@H]4C[C@H]3CC[C@]12C.C[C@]12CC[C@@H]3C[C@@H]4C[C@@H](O)CC[C@H]4C[C@H]3[C@@H]1CC[C@@]21CO1. The third-order valence-corrected chi connectivity index (χ3v) is 32.7. The van der Waals surface area contributed by atoms with E-state index in [1.165, 1.54) is 173 Å². The van der Waals surface area contributed by atoms with E-state index < -0.39 is 0 Å². The van der Waals surface area contributed by atoms with Crippen LogP contribution >= 0.6 is 0 Å². The Morgan fingerprint density at radius 1 is 0.410 bits per heavy atom. The Bertz CT molecular complexity index is 2240. The van der Waals surface area contributed by atoms with Gasteiger partial charge in [0.15, 0.2) is 0 Å². The molecule has 1 saturated heterocycles. The molecule has 83 heavy (non-hydrogen) atoms. The molecule has 0 radical (unpaired) electrons. The number of ether oxygens (including phenoxy) is 1. The first-order valence-electron chi connectivity index (χ1n) is 36.6. The Kier molecular flexibility index (Phi) is 17.9. The van der Waals surface area contributed by atoms with Gasteiger partial charge in [0.25, 0.3) is 0 Å². The highest BCUT2D eigenvalue weighted by Crippen LogP contribution is 2.70. The molecule has 0 unspecified atom stereocenters. The van der Waals surface area contributed by atoms with Crippen molar-refractivity contribution in [2.24, 2.45) is 146 Å². The molecule has 17 aliphatic rings. The molecule has 0 aromatic carbocycles. The molecule has 17 rings (SSSR count). The molecule has 1 aliphatic heterocycles. The monoisotopic (exact) mass is 1150 g/mol. The van der Waals surface area contributed by atoms with Gasteiger partial charge in [-0.25, -0.2) is 0 Å². The van der Waals surface area contributed by atoms with E-state index in [0.717, 1.165) is 182 Å². The highest BCUT2D eigenvalue weighted by molar-refractivity contribution is 5.24. The summed E-state index contributed by atoms with van der Waals surface area (Å²) in [7, 11) is 0. The minimum Gasteiger partial charge on any atom is -0.393 e. The summed E-state index contributed by atoms with van der Waals surface area (Å²) in [4.78, 5) is 0. The molecule has 16 aliphatic carbocycles. The highest BCUT2D eigenvalue weighted by atomic mass is 16.6. The Balaban J connectivity index is 0.000000108. The lowest BCUT2D eigenvalue weighted by molar-refractivity contribution is -0.0661. The molecule has 472 valence electrons. The van der Waals surface area contributed by atoms with E-state index in [-0.39, 0.29) is 39.3 Å². The minimum absolute atomic E-state index is 0. The topological polar surface area (TPSA) is 93.5 Å². The molecule has 16 fully saturated rings. The minimum atomic E-state index is 0. The van der Waals surface area contributed by atoms with Crippen LogP contribution in [0.1, 0.15) is 281 Å². The van der Waals surface area contributed by atoms with Gasteiger partial charge in [0.2, 0.25) is 0 Å². The molecule has 1 heterocycles. The van der Waals surface area contributed by atoms with Crippen LogP contribution in [0, 0.1) is 146 Å². The fraction of sp³-hybridized carbons (Fsp3) is 0.949. The largest absolute Gasteiger partial charge is 0.393 e. The molecule has 5 nitrogen and oxygen atoms in total. The zero-order valence-electron chi connectivity index (χ0n) is 52.9. The predicted octanol–water partition coefficient (Wildman–Crippen LogP) is 18.8. The quantitative estimate of drug-likeness (QED) is 0.143. The van der Waals surface area contributed by atoms with Gasteiger partial charge in [-0.2, -0.15) is 0 Å². The molecule has 30 atom stereocenters. The van der Waals surface area contributed by atoms with E-state index in [2.05, 4.69) is 54.2 Å². The van der Waals surface area contributed by atoms with Crippen LogP contribution in [0.4, 0.5) is 0 Å². The fourth-order valence-corrected chi connectivity index (χ4v) is 27.2. The van der Waals surface area contributed by atoms with Crippen molar-refractivity contribution in [1.82, 2.24) is 0 Å². The molecule has 15 saturated carbocycles. The van der Waals surface area contributed by atoms with Gasteiger partial charge in [-0.3, -0.25) is 0 Å². The number of aliphatic hydroxyl groups is 4. The van der Waals surface area contributed by atoms with Crippen LogP contribution in [-0.4, -0.2) is 57.0 Å². The molecule has 0 bridgehead atoms. The van der Waals surface area contributed by atoms with Gasteiger partial charge in [-0.05, 0) is 372 Å². The van der Waals surface area contributed by atoms with Crippen molar-refractivity contribution in [1.29, 1.82) is 0 Å². The Hall–Kier alpha value is -0.720. The highest BCUT2D eigenvalue weighted by Gasteiger charge is 2.69. The van der Waals surface area contributed by atoms with Gasteiger partial charge in [0, 0.05) is 5.41 Å². The molecule has 1 spiro atoms.